The van der Waals surface area contributed by atoms with Gasteiger partial charge in [-0.3, -0.25) is 14.4 Å². The smallest absolute Gasteiger partial charge is 0.307 e. The number of ether oxygens (including phenoxy) is 2. The molecular weight excluding hydrogens is 356 g/mol. The second-order valence-electron chi connectivity index (χ2n) is 5.94. The third kappa shape index (κ3) is 2.88. The Morgan fingerprint density at radius 3 is 2.08 bits per heavy atom. The Labute approximate surface area is 155 Å². The van der Waals surface area contributed by atoms with E-state index in [0.29, 0.717) is 22.4 Å². The van der Waals surface area contributed by atoms with Gasteiger partial charge in [-0.15, -0.1) is 11.6 Å². The number of hydrogen-bond donors (Lipinski definition) is 0. The summed E-state index contributed by atoms with van der Waals surface area (Å²) in [6, 6.07) is 13.3. The van der Waals surface area contributed by atoms with Crippen LogP contribution in [0.2, 0.25) is 0 Å². The van der Waals surface area contributed by atoms with Gasteiger partial charge in [-0.05, 0) is 17.7 Å². The van der Waals surface area contributed by atoms with Crippen LogP contribution >= 0.6 is 11.6 Å². The molecule has 0 amide bonds. The molecule has 1 aliphatic rings. The lowest BCUT2D eigenvalue weighted by atomic mass is 9.76. The summed E-state index contributed by atoms with van der Waals surface area (Å²) in [5.41, 5.74) is -0.454. The molecule has 0 saturated heterocycles. The van der Waals surface area contributed by atoms with Crippen LogP contribution in [-0.2, 0) is 14.9 Å². The summed E-state index contributed by atoms with van der Waals surface area (Å²) in [6.45, 7) is -0.360. The van der Waals surface area contributed by atoms with Gasteiger partial charge >= 0.3 is 5.97 Å². The first-order chi connectivity index (χ1) is 12.5. The van der Waals surface area contributed by atoms with Crippen molar-refractivity contribution < 1.29 is 23.9 Å². The molecule has 0 unspecified atom stereocenters. The van der Waals surface area contributed by atoms with Crippen molar-refractivity contribution in [1.82, 2.24) is 0 Å². The topological polar surface area (TPSA) is 69.7 Å². The number of halogens is 1. The minimum atomic E-state index is -1.59. The van der Waals surface area contributed by atoms with Crippen LogP contribution in [0.1, 0.15) is 32.7 Å². The Bertz CT molecular complexity index is 822. The molecule has 0 atom stereocenters. The van der Waals surface area contributed by atoms with Crippen LogP contribution in [0.5, 0.6) is 5.75 Å². The van der Waals surface area contributed by atoms with E-state index in [2.05, 4.69) is 0 Å². The Hall–Kier alpha value is -2.66. The molecule has 0 aliphatic heterocycles. The number of Topliss-reactive ketones (excluding diaryl/α,β-unsaturated/α-hetero) is 2. The van der Waals surface area contributed by atoms with Crippen molar-refractivity contribution in [2.45, 2.75) is 11.8 Å². The van der Waals surface area contributed by atoms with Crippen LogP contribution in [-0.4, -0.2) is 37.1 Å². The summed E-state index contributed by atoms with van der Waals surface area (Å²) in [4.78, 5) is 38.2. The number of methoxy groups -OCH3 is 1. The molecule has 0 radical (unpaired) electrons. The average molecular weight is 373 g/mol. The lowest BCUT2D eigenvalue weighted by Crippen LogP contribution is -2.43. The van der Waals surface area contributed by atoms with Crippen molar-refractivity contribution in [3.8, 4) is 5.75 Å². The minimum absolute atomic E-state index is 0.00950. The zero-order valence-electron chi connectivity index (χ0n) is 14.2. The molecule has 0 saturated carbocycles. The highest BCUT2D eigenvalue weighted by Gasteiger charge is 2.55. The molecule has 6 heteroatoms. The molecule has 3 rings (SSSR count). The van der Waals surface area contributed by atoms with Crippen LogP contribution in [0.4, 0.5) is 0 Å². The second kappa shape index (κ2) is 7.30. The highest BCUT2D eigenvalue weighted by molar-refractivity contribution is 6.33. The third-order valence-corrected chi connectivity index (χ3v) is 4.71. The summed E-state index contributed by atoms with van der Waals surface area (Å²) in [6.07, 6.45) is 0.00950. The maximum atomic E-state index is 13.2. The molecule has 0 fully saturated rings. The van der Waals surface area contributed by atoms with Gasteiger partial charge in [-0.25, -0.2) is 0 Å². The molecule has 0 spiro atoms. The molecule has 134 valence electrons. The summed E-state index contributed by atoms with van der Waals surface area (Å²) in [5, 5.41) is 0. The molecule has 1 aliphatic carbocycles. The molecule has 2 aromatic carbocycles. The van der Waals surface area contributed by atoms with Crippen molar-refractivity contribution >= 4 is 29.1 Å². The number of benzene rings is 2. The van der Waals surface area contributed by atoms with Crippen molar-refractivity contribution in [1.29, 1.82) is 0 Å². The fraction of sp³-hybridized carbons (Fsp3) is 0.250. The minimum Gasteiger partial charge on any atom is -0.497 e. The van der Waals surface area contributed by atoms with Gasteiger partial charge in [0.05, 0.1) is 13.5 Å². The van der Waals surface area contributed by atoms with Crippen molar-refractivity contribution in [2.75, 3.05) is 19.6 Å². The number of carbonyl (C=O) groups excluding carboxylic acids is 3. The van der Waals surface area contributed by atoms with Gasteiger partial charge in [0.15, 0.2) is 17.0 Å². The van der Waals surface area contributed by atoms with E-state index in [-0.39, 0.29) is 30.5 Å². The van der Waals surface area contributed by atoms with Crippen molar-refractivity contribution in [2.24, 2.45) is 0 Å². The maximum Gasteiger partial charge on any atom is 0.307 e. The van der Waals surface area contributed by atoms with Gasteiger partial charge in [0.2, 0.25) is 0 Å². The highest BCUT2D eigenvalue weighted by Crippen LogP contribution is 2.40. The predicted molar refractivity (Wildman–Crippen MR) is 96.1 cm³/mol. The normalized spacial score (nSPS) is 14.8. The van der Waals surface area contributed by atoms with E-state index in [1.54, 1.807) is 48.5 Å². The number of ketones is 2. The van der Waals surface area contributed by atoms with Crippen LogP contribution in [0, 0.1) is 0 Å². The van der Waals surface area contributed by atoms with Crippen LogP contribution in [0.25, 0.3) is 0 Å². The first-order valence-electron chi connectivity index (χ1n) is 8.09. The van der Waals surface area contributed by atoms with Gasteiger partial charge in [-0.2, -0.15) is 0 Å². The van der Waals surface area contributed by atoms with E-state index in [0.717, 1.165) is 0 Å². The summed E-state index contributed by atoms with van der Waals surface area (Å²) < 4.78 is 10.4. The third-order valence-electron chi connectivity index (χ3n) is 4.52. The Morgan fingerprint density at radius 1 is 1.00 bits per heavy atom. The first-order valence-corrected chi connectivity index (χ1v) is 8.63. The SMILES string of the molecule is COc1ccc(C2(COC(=O)CCCl)C(=O)c3ccccc3C2=O)cc1. The molecule has 5 nitrogen and oxygen atoms in total. The molecule has 26 heavy (non-hydrogen) atoms. The predicted octanol–water partition coefficient (Wildman–Crippen LogP) is 3.18. The van der Waals surface area contributed by atoms with Gasteiger partial charge < -0.3 is 9.47 Å². The lowest BCUT2D eigenvalue weighted by molar-refractivity contribution is -0.144. The van der Waals surface area contributed by atoms with Gasteiger partial charge in [0.25, 0.3) is 0 Å². The number of hydrogen-bond acceptors (Lipinski definition) is 5. The van der Waals surface area contributed by atoms with E-state index in [9.17, 15) is 14.4 Å². The van der Waals surface area contributed by atoms with Gasteiger partial charge in [0.1, 0.15) is 12.4 Å². The summed E-state index contributed by atoms with van der Waals surface area (Å²) >= 11 is 5.56. The first kappa shape index (κ1) is 18.1. The molecular formula is C20H17ClO5. The Kier molecular flexibility index (Phi) is 5.09. The number of alkyl halides is 1. The van der Waals surface area contributed by atoms with Crippen molar-refractivity contribution in [3.05, 3.63) is 65.2 Å². The van der Waals surface area contributed by atoms with Crippen LogP contribution in [0.15, 0.2) is 48.5 Å². The zero-order valence-corrected chi connectivity index (χ0v) is 14.9. The Balaban J connectivity index is 2.07. The molecule has 0 N–H and O–H groups in total. The highest BCUT2D eigenvalue weighted by atomic mass is 35.5. The lowest BCUT2D eigenvalue weighted by Gasteiger charge is -2.26. The molecule has 0 bridgehead atoms. The van der Waals surface area contributed by atoms with E-state index in [1.807, 2.05) is 0 Å². The fourth-order valence-corrected chi connectivity index (χ4v) is 3.29. The fourth-order valence-electron chi connectivity index (χ4n) is 3.13. The van der Waals surface area contributed by atoms with Gasteiger partial charge in [-0.1, -0.05) is 36.4 Å². The number of rotatable bonds is 6. The van der Waals surface area contributed by atoms with Gasteiger partial charge in [0, 0.05) is 17.0 Å². The second-order valence-corrected chi connectivity index (χ2v) is 6.32. The summed E-state index contributed by atoms with van der Waals surface area (Å²) in [5.74, 6) is -0.594. The van der Waals surface area contributed by atoms with E-state index in [1.165, 1.54) is 7.11 Å². The quantitative estimate of drug-likeness (QED) is 0.442. The average Bonchev–Trinajstić information content (AvgIpc) is 2.89. The molecule has 2 aromatic rings. The molecule has 0 aromatic heterocycles. The monoisotopic (exact) mass is 372 g/mol. The van der Waals surface area contributed by atoms with E-state index >= 15 is 0 Å². The van der Waals surface area contributed by atoms with E-state index in [4.69, 9.17) is 21.1 Å². The van der Waals surface area contributed by atoms with Crippen molar-refractivity contribution in [3.63, 3.8) is 0 Å². The van der Waals surface area contributed by atoms with E-state index < -0.39 is 11.4 Å². The molecule has 0 heterocycles. The zero-order chi connectivity index (χ0) is 18.7. The number of esters is 1. The summed E-state index contributed by atoms with van der Waals surface area (Å²) in [7, 11) is 1.53. The number of fused-ring (bicyclic) bond motifs is 1. The Morgan fingerprint density at radius 2 is 1.58 bits per heavy atom. The largest absolute Gasteiger partial charge is 0.497 e. The van der Waals surface area contributed by atoms with Crippen LogP contribution in [0.3, 0.4) is 0 Å². The number of carbonyl (C=O) groups is 3. The van der Waals surface area contributed by atoms with Crippen LogP contribution < -0.4 is 4.74 Å². The standard InChI is InChI=1S/C20H17ClO5/c1-25-14-8-6-13(7-9-14)20(12-26-17(22)10-11-21)18(23)15-4-2-3-5-16(15)19(20)24/h2-9H,10-12H2,1H3. The maximum absolute atomic E-state index is 13.2.